The van der Waals surface area contributed by atoms with E-state index in [1.807, 2.05) is 0 Å². The van der Waals surface area contributed by atoms with Crippen LogP contribution in [-0.4, -0.2) is 10.1 Å². The Morgan fingerprint density at radius 1 is 1.19 bits per heavy atom. The van der Waals surface area contributed by atoms with Crippen LogP contribution in [-0.2, 0) is 0 Å². The Labute approximate surface area is 102 Å². The van der Waals surface area contributed by atoms with Gasteiger partial charge in [-0.3, -0.25) is 0 Å². The van der Waals surface area contributed by atoms with Gasteiger partial charge in [-0.2, -0.15) is 5.10 Å². The molecule has 0 fully saturated rings. The van der Waals surface area contributed by atoms with Crippen molar-refractivity contribution in [3.63, 3.8) is 0 Å². The van der Waals surface area contributed by atoms with E-state index in [4.69, 9.17) is 0 Å². The molecule has 0 aromatic rings. The van der Waals surface area contributed by atoms with Gasteiger partial charge in [0.15, 0.2) is 0 Å². The quantitative estimate of drug-likeness (QED) is 0.718. The summed E-state index contributed by atoms with van der Waals surface area (Å²) in [5.74, 6) is 0.953. The lowest BCUT2D eigenvalue weighted by Crippen LogP contribution is -2.18. The Kier molecular flexibility index (Phi) is 2.98. The standard InChI is InChI=1S/C13H18N2S/c1-8(2)11-6-10(5)7-12-15(11)14-13(16-12)9(3)4/h6-9H,5H2,1-4H3. The molecule has 86 valence electrons. The Bertz CT molecular complexity index is 414. The summed E-state index contributed by atoms with van der Waals surface area (Å²) in [6.07, 6.45) is 4.23. The van der Waals surface area contributed by atoms with Crippen LogP contribution < -0.4 is 0 Å². The first-order chi connectivity index (χ1) is 7.49. The zero-order valence-corrected chi connectivity index (χ0v) is 11.1. The second kappa shape index (κ2) is 4.13. The topological polar surface area (TPSA) is 15.6 Å². The van der Waals surface area contributed by atoms with Gasteiger partial charge in [0.25, 0.3) is 0 Å². The fraction of sp³-hybridized carbons (Fsp3) is 0.462. The van der Waals surface area contributed by atoms with E-state index >= 15 is 0 Å². The molecule has 0 aromatic heterocycles. The smallest absolute Gasteiger partial charge is 0.104 e. The van der Waals surface area contributed by atoms with Crippen molar-refractivity contribution in [1.82, 2.24) is 5.01 Å². The molecular formula is C13H18N2S. The van der Waals surface area contributed by atoms with E-state index in [1.54, 1.807) is 11.8 Å². The molecule has 0 spiro atoms. The van der Waals surface area contributed by atoms with Gasteiger partial charge >= 0.3 is 0 Å². The summed E-state index contributed by atoms with van der Waals surface area (Å²) in [7, 11) is 0. The number of rotatable bonds is 2. The third-order valence-electron chi connectivity index (χ3n) is 2.59. The van der Waals surface area contributed by atoms with Crippen LogP contribution in [0.2, 0.25) is 0 Å². The van der Waals surface area contributed by atoms with Crippen molar-refractivity contribution in [2.45, 2.75) is 27.7 Å². The second-order valence-electron chi connectivity index (χ2n) is 4.79. The summed E-state index contributed by atoms with van der Waals surface area (Å²) in [6.45, 7) is 12.8. The Morgan fingerprint density at radius 2 is 1.88 bits per heavy atom. The first-order valence-corrected chi connectivity index (χ1v) is 6.49. The number of hydrogen-bond donors (Lipinski definition) is 0. The molecule has 0 saturated carbocycles. The summed E-state index contributed by atoms with van der Waals surface area (Å²) in [5.41, 5.74) is 2.31. The molecule has 0 radical (unpaired) electrons. The summed E-state index contributed by atoms with van der Waals surface area (Å²) in [5, 5.41) is 9.13. The molecule has 2 aliphatic heterocycles. The van der Waals surface area contributed by atoms with Gasteiger partial charge in [-0.15, -0.1) is 0 Å². The van der Waals surface area contributed by atoms with E-state index in [1.165, 1.54) is 15.8 Å². The third-order valence-corrected chi connectivity index (χ3v) is 3.85. The van der Waals surface area contributed by atoms with Crippen molar-refractivity contribution < 1.29 is 0 Å². The van der Waals surface area contributed by atoms with Gasteiger partial charge in [-0.05, 0) is 23.6 Å². The molecular weight excluding hydrogens is 216 g/mol. The second-order valence-corrected chi connectivity index (χ2v) is 5.83. The minimum atomic E-state index is 0.469. The number of fused-ring (bicyclic) bond motifs is 1. The normalized spacial score (nSPS) is 20.0. The highest BCUT2D eigenvalue weighted by atomic mass is 32.2. The SMILES string of the molecule is C=C1C=C2SC(C(C)C)=NN2C(C(C)C)=C1. The minimum absolute atomic E-state index is 0.469. The maximum absolute atomic E-state index is 4.68. The highest BCUT2D eigenvalue weighted by molar-refractivity contribution is 8.17. The lowest BCUT2D eigenvalue weighted by atomic mass is 10.1. The zero-order chi connectivity index (χ0) is 11.9. The van der Waals surface area contributed by atoms with E-state index in [0.29, 0.717) is 11.8 Å². The van der Waals surface area contributed by atoms with Crippen LogP contribution in [0, 0.1) is 11.8 Å². The molecule has 0 saturated heterocycles. The van der Waals surface area contributed by atoms with Crippen LogP contribution in [0.5, 0.6) is 0 Å². The van der Waals surface area contributed by atoms with Gasteiger partial charge in [-0.1, -0.05) is 46.0 Å². The van der Waals surface area contributed by atoms with Crippen LogP contribution in [0.15, 0.2) is 40.1 Å². The summed E-state index contributed by atoms with van der Waals surface area (Å²) < 4.78 is 0. The number of allylic oxidation sites excluding steroid dienone is 4. The van der Waals surface area contributed by atoms with Gasteiger partial charge in [0.05, 0.1) is 0 Å². The predicted molar refractivity (Wildman–Crippen MR) is 71.8 cm³/mol. The molecule has 0 bridgehead atoms. The Morgan fingerprint density at radius 3 is 2.44 bits per heavy atom. The molecule has 3 heteroatoms. The predicted octanol–water partition coefficient (Wildman–Crippen LogP) is 3.96. The number of nitrogens with zero attached hydrogens (tertiary/aromatic N) is 2. The first-order valence-electron chi connectivity index (χ1n) is 5.67. The van der Waals surface area contributed by atoms with Crippen LogP contribution in [0.25, 0.3) is 0 Å². The van der Waals surface area contributed by atoms with Crippen LogP contribution >= 0.6 is 11.8 Å². The van der Waals surface area contributed by atoms with Gasteiger partial charge in [0.1, 0.15) is 10.1 Å². The van der Waals surface area contributed by atoms with Gasteiger partial charge < -0.3 is 0 Å². The summed E-state index contributed by atoms with van der Waals surface area (Å²) in [6, 6.07) is 0. The van der Waals surface area contributed by atoms with Crippen LogP contribution in [0.3, 0.4) is 0 Å². The third kappa shape index (κ3) is 1.96. The lowest BCUT2D eigenvalue weighted by Gasteiger charge is -2.25. The molecule has 0 atom stereocenters. The molecule has 0 N–H and O–H groups in total. The molecule has 0 aliphatic carbocycles. The van der Waals surface area contributed by atoms with E-state index in [9.17, 15) is 0 Å². The molecule has 16 heavy (non-hydrogen) atoms. The van der Waals surface area contributed by atoms with Gasteiger partial charge in [0.2, 0.25) is 0 Å². The summed E-state index contributed by atoms with van der Waals surface area (Å²) in [4.78, 5) is 0. The van der Waals surface area contributed by atoms with Crippen molar-refractivity contribution in [1.29, 1.82) is 0 Å². The first kappa shape index (κ1) is 11.5. The molecule has 2 heterocycles. The van der Waals surface area contributed by atoms with Crippen molar-refractivity contribution in [3.05, 3.63) is 35.0 Å². The van der Waals surface area contributed by atoms with Crippen LogP contribution in [0.1, 0.15) is 27.7 Å². The lowest BCUT2D eigenvalue weighted by molar-refractivity contribution is 0.427. The zero-order valence-electron chi connectivity index (χ0n) is 10.3. The fourth-order valence-corrected chi connectivity index (χ4v) is 2.71. The van der Waals surface area contributed by atoms with Gasteiger partial charge in [0, 0.05) is 11.6 Å². The molecule has 0 amide bonds. The maximum Gasteiger partial charge on any atom is 0.104 e. The molecule has 2 aliphatic rings. The van der Waals surface area contributed by atoms with Crippen LogP contribution in [0.4, 0.5) is 0 Å². The van der Waals surface area contributed by atoms with E-state index in [2.05, 4.69) is 56.5 Å². The molecule has 0 unspecified atom stereocenters. The number of thioether (sulfide) groups is 1. The highest BCUT2D eigenvalue weighted by Gasteiger charge is 2.29. The average molecular weight is 234 g/mol. The summed E-state index contributed by atoms with van der Waals surface area (Å²) >= 11 is 1.76. The number of hydrazone groups is 1. The Balaban J connectivity index is 2.35. The fourth-order valence-electron chi connectivity index (χ4n) is 1.69. The maximum atomic E-state index is 4.68. The van der Waals surface area contributed by atoms with Crippen molar-refractivity contribution in [2.75, 3.05) is 0 Å². The van der Waals surface area contributed by atoms with E-state index in [0.717, 1.165) is 5.57 Å². The Hall–Kier alpha value is -0.960. The minimum Gasteiger partial charge on any atom is -0.230 e. The molecule has 2 nitrogen and oxygen atoms in total. The van der Waals surface area contributed by atoms with E-state index in [-0.39, 0.29) is 0 Å². The van der Waals surface area contributed by atoms with Crippen molar-refractivity contribution in [3.8, 4) is 0 Å². The number of hydrogen-bond acceptors (Lipinski definition) is 3. The van der Waals surface area contributed by atoms with Crippen molar-refractivity contribution in [2.24, 2.45) is 16.9 Å². The molecule has 0 aromatic carbocycles. The average Bonchev–Trinajstić information content (AvgIpc) is 2.59. The highest BCUT2D eigenvalue weighted by Crippen LogP contribution is 2.40. The van der Waals surface area contributed by atoms with Crippen molar-refractivity contribution >= 4 is 16.8 Å². The largest absolute Gasteiger partial charge is 0.230 e. The van der Waals surface area contributed by atoms with Gasteiger partial charge in [-0.25, -0.2) is 5.01 Å². The van der Waals surface area contributed by atoms with E-state index < -0.39 is 0 Å². The molecule has 2 rings (SSSR count). The monoisotopic (exact) mass is 234 g/mol.